The van der Waals surface area contributed by atoms with E-state index in [4.69, 9.17) is 0 Å². The van der Waals surface area contributed by atoms with Gasteiger partial charge >= 0.3 is 6.18 Å². The Bertz CT molecular complexity index is 3480. The molecule has 12 rings (SSSR count). The number of halogens is 3. The molecule has 0 atom stereocenters. The van der Waals surface area contributed by atoms with Crippen molar-refractivity contribution >= 4 is 0 Å². The summed E-state index contributed by atoms with van der Waals surface area (Å²) in [4.78, 5) is 7.05. The van der Waals surface area contributed by atoms with Gasteiger partial charge in [-0.25, -0.2) is 0 Å². The maximum absolute atomic E-state index is 12.1. The first-order chi connectivity index (χ1) is 37.5. The quantitative estimate of drug-likeness (QED) is 0.107. The van der Waals surface area contributed by atoms with Crippen molar-refractivity contribution in [3.63, 3.8) is 0 Å². The van der Waals surface area contributed by atoms with Crippen molar-refractivity contribution in [2.45, 2.75) is 33.9 Å². The predicted molar refractivity (Wildman–Crippen MR) is 294 cm³/mol. The van der Waals surface area contributed by atoms with Gasteiger partial charge in [0.15, 0.2) is 0 Å². The maximum Gasteiger partial charge on any atom is 0.429 e. The molecule has 0 amide bonds. The molecular formula is C66H50F3IrN8-3. The number of aromatic nitrogens is 8. The van der Waals surface area contributed by atoms with Gasteiger partial charge in [0.2, 0.25) is 0 Å². The van der Waals surface area contributed by atoms with Crippen molar-refractivity contribution < 1.29 is 42.4 Å². The summed E-state index contributed by atoms with van der Waals surface area (Å²) in [7, 11) is 0. The van der Waals surface area contributed by atoms with Crippen LogP contribution >= 0.6 is 0 Å². The molecule has 12 aromatic rings. The number of pyridine rings is 1. The third-order valence-corrected chi connectivity index (χ3v) is 12.4. The number of hydrogen-bond acceptors (Lipinski definition) is 3. The third kappa shape index (κ3) is 12.3. The van der Waals surface area contributed by atoms with Crippen LogP contribution < -0.4 is 14.2 Å². The first kappa shape index (κ1) is 53.7. The van der Waals surface area contributed by atoms with Crippen LogP contribution in [0.15, 0.2) is 231 Å². The molecule has 0 saturated heterocycles. The molecule has 0 unspecified atom stereocenters. The van der Waals surface area contributed by atoms with Crippen molar-refractivity contribution in [1.29, 1.82) is 0 Å². The van der Waals surface area contributed by atoms with E-state index in [1.54, 1.807) is 12.1 Å². The molecule has 12 heteroatoms. The monoisotopic (exact) mass is 1200 g/mol. The molecule has 78 heavy (non-hydrogen) atoms. The van der Waals surface area contributed by atoms with E-state index in [9.17, 15) is 13.2 Å². The minimum atomic E-state index is -4.57. The summed E-state index contributed by atoms with van der Waals surface area (Å²) in [5.74, 6) is -1.37. The van der Waals surface area contributed by atoms with E-state index < -0.39 is 12.0 Å². The van der Waals surface area contributed by atoms with Gasteiger partial charge in [0, 0.05) is 26.3 Å². The second-order valence-corrected chi connectivity index (χ2v) is 18.3. The van der Waals surface area contributed by atoms with E-state index >= 15 is 0 Å². The van der Waals surface area contributed by atoms with E-state index in [0.29, 0.717) is 0 Å². The average Bonchev–Trinajstić information content (AvgIpc) is 4.28. The Hall–Kier alpha value is -9.09. The molecule has 0 fully saturated rings. The van der Waals surface area contributed by atoms with Crippen LogP contribution in [0.25, 0.3) is 79.3 Å². The number of imidazole rings is 2. The van der Waals surface area contributed by atoms with Crippen molar-refractivity contribution in [3.8, 4) is 79.3 Å². The summed E-state index contributed by atoms with van der Waals surface area (Å²) in [5, 5.41) is 6.25. The van der Waals surface area contributed by atoms with Gasteiger partial charge in [-0.05, 0) is 89.7 Å². The zero-order chi connectivity index (χ0) is 53.3. The number of aryl methyl sites for hydroxylation is 4. The summed E-state index contributed by atoms with van der Waals surface area (Å²) >= 11 is 0. The Morgan fingerprint density at radius 1 is 0.462 bits per heavy atom. The number of hydrogen-bond donors (Lipinski definition) is 0. The van der Waals surface area contributed by atoms with Crippen LogP contribution in [0.4, 0.5) is 13.2 Å². The molecule has 0 bridgehead atoms. The van der Waals surface area contributed by atoms with Crippen LogP contribution in [-0.4, -0.2) is 24.2 Å². The fourth-order valence-corrected chi connectivity index (χ4v) is 8.88. The fourth-order valence-electron chi connectivity index (χ4n) is 8.88. The summed E-state index contributed by atoms with van der Waals surface area (Å²) in [5.41, 5.74) is 18.2. The number of rotatable bonds is 9. The summed E-state index contributed by atoms with van der Waals surface area (Å²) in [6, 6.07) is 83.2. The normalized spacial score (nSPS) is 10.9. The molecule has 0 spiro atoms. The molecule has 387 valence electrons. The molecule has 4 aromatic heterocycles. The predicted octanol–water partition coefficient (Wildman–Crippen LogP) is 14.1. The summed E-state index contributed by atoms with van der Waals surface area (Å²) < 4.78 is 45.0. The van der Waals surface area contributed by atoms with Gasteiger partial charge in [-0.1, -0.05) is 177 Å². The standard InChI is InChI=1S/2C29H23N2.C8H4F3N4.Ir/c2*1-22-11-9-17-26(19-22)30-21-31(27-18-10-12-23(2)20-27)29(25-15-7-4-8-16-25)28(30)24-13-5-3-6-14-24;9-8(10,11)7-13-6(14-15-7)5-3-1-2-4-12-5;/h2*3-17,19-20H,1-2H3;1-4H;/q3*-1;. The maximum atomic E-state index is 12.1. The molecule has 0 N–H and O–H groups in total. The molecule has 0 saturated carbocycles. The molecule has 0 aliphatic carbocycles. The largest absolute Gasteiger partial charge is 0.429 e. The second-order valence-electron chi connectivity index (χ2n) is 18.3. The Morgan fingerprint density at radius 3 is 1.24 bits per heavy atom. The molecule has 8 nitrogen and oxygen atoms in total. The van der Waals surface area contributed by atoms with Crippen LogP contribution in [0, 0.1) is 52.5 Å². The van der Waals surface area contributed by atoms with E-state index in [2.05, 4.69) is 285 Å². The Kier molecular flexibility index (Phi) is 16.7. The van der Waals surface area contributed by atoms with Crippen LogP contribution in [0.3, 0.4) is 0 Å². The Labute approximate surface area is 465 Å². The number of alkyl halides is 3. The Morgan fingerprint density at radius 2 is 0.872 bits per heavy atom. The zero-order valence-electron chi connectivity index (χ0n) is 43.0. The minimum Gasteiger partial charge on any atom is -0.413 e. The topological polar surface area (TPSA) is 70.4 Å². The molecule has 4 heterocycles. The smallest absolute Gasteiger partial charge is 0.413 e. The molecular weight excluding hydrogens is 1150 g/mol. The van der Waals surface area contributed by atoms with Gasteiger partial charge in [0.25, 0.3) is 12.7 Å². The second kappa shape index (κ2) is 24.3. The van der Waals surface area contributed by atoms with Crippen LogP contribution in [0.2, 0.25) is 0 Å². The van der Waals surface area contributed by atoms with Crippen LogP contribution in [0.5, 0.6) is 0 Å². The molecule has 8 aromatic carbocycles. The van der Waals surface area contributed by atoms with E-state index in [1.165, 1.54) is 34.5 Å². The van der Waals surface area contributed by atoms with Crippen molar-refractivity contribution in [3.05, 3.63) is 284 Å². The first-order valence-electron chi connectivity index (χ1n) is 24.9. The van der Waals surface area contributed by atoms with Gasteiger partial charge in [-0.15, -0.1) is 0 Å². The minimum absolute atomic E-state index is 0. The van der Waals surface area contributed by atoms with Crippen molar-refractivity contribution in [2.24, 2.45) is 0 Å². The number of nitrogens with zero attached hydrogens (tertiary/aromatic N) is 8. The van der Waals surface area contributed by atoms with Gasteiger partial charge < -0.3 is 19.2 Å². The van der Waals surface area contributed by atoms with Crippen LogP contribution in [0.1, 0.15) is 28.1 Å². The SMILES string of the molecule is Cc1cc[c-]c(-n2[c-][n+](-c3cccc(C)c3)c(-c3ccccc3)c2-c2ccccc2)c1.Cc1cc[c-]c(-n2[c-][n+](-c3cccc(C)c3)c(-c3ccccc3)c2-c2ccccc2)c1.FC(F)(F)c1n[n-]c(-c2ccccn2)n1.[Ir]. The first-order valence-corrected chi connectivity index (χ1v) is 24.9. The van der Waals surface area contributed by atoms with Crippen molar-refractivity contribution in [2.75, 3.05) is 0 Å². The van der Waals surface area contributed by atoms with Gasteiger partial charge in [0.05, 0.1) is 39.8 Å². The molecule has 0 aliphatic heterocycles. The van der Waals surface area contributed by atoms with Crippen LogP contribution in [-0.2, 0) is 26.3 Å². The van der Waals surface area contributed by atoms with Crippen molar-refractivity contribution in [1.82, 2.24) is 29.3 Å². The zero-order valence-corrected chi connectivity index (χ0v) is 45.4. The van der Waals surface area contributed by atoms with E-state index in [1.807, 2.05) is 12.1 Å². The number of benzene rings is 8. The van der Waals surface area contributed by atoms with Gasteiger partial charge in [-0.2, -0.15) is 72.8 Å². The van der Waals surface area contributed by atoms with Gasteiger partial charge in [-0.3, -0.25) is 19.2 Å². The summed E-state index contributed by atoms with van der Waals surface area (Å²) in [6.07, 6.45) is 4.15. The fraction of sp³-hybridized carbons (Fsp3) is 0.0758. The van der Waals surface area contributed by atoms with E-state index in [-0.39, 0.29) is 31.6 Å². The average molecular weight is 1200 g/mol. The van der Waals surface area contributed by atoms with Gasteiger partial charge in [0.1, 0.15) is 5.82 Å². The third-order valence-electron chi connectivity index (χ3n) is 12.4. The summed E-state index contributed by atoms with van der Waals surface area (Å²) in [6.45, 7) is 8.46. The molecule has 0 aliphatic rings. The van der Waals surface area contributed by atoms with E-state index in [0.717, 1.165) is 67.8 Å². The Balaban J connectivity index is 0.000000150. The molecule has 1 radical (unpaired) electrons.